The van der Waals surface area contributed by atoms with Gasteiger partial charge in [0.1, 0.15) is 0 Å². The third-order valence-corrected chi connectivity index (χ3v) is 5.60. The van der Waals surface area contributed by atoms with Crippen LogP contribution in [0.3, 0.4) is 0 Å². The summed E-state index contributed by atoms with van der Waals surface area (Å²) < 4.78 is 5.14. The number of likely N-dealkylation sites (N-methyl/N-ethyl adjacent to an activating group) is 1. The highest BCUT2D eigenvalue weighted by Crippen LogP contribution is 2.46. The van der Waals surface area contributed by atoms with Crippen molar-refractivity contribution in [1.82, 2.24) is 4.98 Å². The van der Waals surface area contributed by atoms with Gasteiger partial charge in [-0.3, -0.25) is 4.79 Å². The molecular formula is C26H24N2O3. The molecular weight excluding hydrogens is 388 g/mol. The molecule has 2 heterocycles. The maximum Gasteiger partial charge on any atom is 0.331 e. The van der Waals surface area contributed by atoms with Gasteiger partial charge in [-0.05, 0) is 29.8 Å². The lowest BCUT2D eigenvalue weighted by Gasteiger charge is -2.23. The zero-order valence-corrected chi connectivity index (χ0v) is 17.8. The Morgan fingerprint density at radius 1 is 1.03 bits per heavy atom. The van der Waals surface area contributed by atoms with Crippen molar-refractivity contribution < 1.29 is 14.3 Å². The van der Waals surface area contributed by atoms with Crippen LogP contribution >= 0.6 is 0 Å². The van der Waals surface area contributed by atoms with Gasteiger partial charge >= 0.3 is 5.97 Å². The molecule has 0 amide bonds. The molecule has 5 heteroatoms. The first-order valence-electron chi connectivity index (χ1n) is 10.1. The summed E-state index contributed by atoms with van der Waals surface area (Å²) in [6.45, 7) is 3.86. The summed E-state index contributed by atoms with van der Waals surface area (Å²) in [7, 11) is 1.94. The molecule has 0 N–H and O–H groups in total. The molecule has 3 aromatic rings. The number of pyridine rings is 1. The smallest absolute Gasteiger partial charge is 0.331 e. The molecule has 0 spiro atoms. The summed E-state index contributed by atoms with van der Waals surface area (Å²) in [5, 5.41) is 1.03. The highest BCUT2D eigenvalue weighted by molar-refractivity contribution is 5.96. The van der Waals surface area contributed by atoms with Gasteiger partial charge in [0.2, 0.25) is 0 Å². The standard InChI is InChI=1S/C26H24N2O3/c1-26(2)21-9-5-7-11-23(21)28(3)24(26)16-20(29)17-31-25(30)15-14-19-13-12-18-8-4-6-10-22(18)27-19/h4-16H,17H2,1-3H3/b15-14+,24-16?. The molecule has 1 aliphatic rings. The zero-order chi connectivity index (χ0) is 22.0. The van der Waals surface area contributed by atoms with Gasteiger partial charge in [-0.15, -0.1) is 0 Å². The number of anilines is 1. The Balaban J connectivity index is 1.39. The summed E-state index contributed by atoms with van der Waals surface area (Å²) in [5.74, 6) is -0.836. The van der Waals surface area contributed by atoms with Gasteiger partial charge in [0.05, 0.1) is 11.2 Å². The zero-order valence-electron chi connectivity index (χ0n) is 17.8. The highest BCUT2D eigenvalue weighted by atomic mass is 16.5. The number of benzene rings is 2. The second-order valence-electron chi connectivity index (χ2n) is 8.07. The molecule has 0 unspecified atom stereocenters. The number of aromatic nitrogens is 1. The van der Waals surface area contributed by atoms with E-state index < -0.39 is 5.97 Å². The third kappa shape index (κ3) is 4.12. The van der Waals surface area contributed by atoms with Crippen LogP contribution in [0.1, 0.15) is 25.1 Å². The van der Waals surface area contributed by atoms with E-state index in [0.717, 1.165) is 22.3 Å². The van der Waals surface area contributed by atoms with Gasteiger partial charge in [-0.25, -0.2) is 9.78 Å². The molecule has 4 rings (SSSR count). The van der Waals surface area contributed by atoms with Crippen LogP contribution in [0.4, 0.5) is 5.69 Å². The Kier molecular flexibility index (Phi) is 5.42. The number of carbonyl (C=O) groups excluding carboxylic acids is 2. The van der Waals surface area contributed by atoms with E-state index in [1.165, 1.54) is 11.6 Å². The predicted octanol–water partition coefficient (Wildman–Crippen LogP) is 4.67. The lowest BCUT2D eigenvalue weighted by atomic mass is 9.83. The van der Waals surface area contributed by atoms with Crippen molar-refractivity contribution >= 4 is 34.4 Å². The Hall–Kier alpha value is -3.73. The predicted molar refractivity (Wildman–Crippen MR) is 123 cm³/mol. The van der Waals surface area contributed by atoms with Crippen LogP contribution in [0.15, 0.2) is 78.5 Å². The third-order valence-electron chi connectivity index (χ3n) is 5.60. The number of para-hydroxylation sites is 2. The molecule has 5 nitrogen and oxygen atoms in total. The minimum atomic E-state index is -0.580. The summed E-state index contributed by atoms with van der Waals surface area (Å²) in [6.07, 6.45) is 4.45. The molecule has 0 radical (unpaired) electrons. The Morgan fingerprint density at radius 2 is 1.77 bits per heavy atom. The number of carbonyl (C=O) groups is 2. The van der Waals surface area contributed by atoms with Gasteiger partial charge in [-0.1, -0.05) is 56.3 Å². The minimum absolute atomic E-state index is 0.256. The first-order chi connectivity index (χ1) is 14.9. The molecule has 0 aliphatic carbocycles. The van der Waals surface area contributed by atoms with Crippen LogP contribution in [0.5, 0.6) is 0 Å². The molecule has 0 saturated heterocycles. The van der Waals surface area contributed by atoms with E-state index in [2.05, 4.69) is 24.9 Å². The van der Waals surface area contributed by atoms with Crippen LogP contribution < -0.4 is 4.90 Å². The fourth-order valence-electron chi connectivity index (χ4n) is 3.97. The van der Waals surface area contributed by atoms with Crippen molar-refractivity contribution in [3.8, 4) is 0 Å². The Morgan fingerprint density at radius 3 is 2.58 bits per heavy atom. The largest absolute Gasteiger partial charge is 0.454 e. The fraction of sp³-hybridized carbons (Fsp3) is 0.192. The highest BCUT2D eigenvalue weighted by Gasteiger charge is 2.38. The second kappa shape index (κ2) is 8.19. The van der Waals surface area contributed by atoms with E-state index in [-0.39, 0.29) is 17.8 Å². The molecule has 1 aromatic heterocycles. The van der Waals surface area contributed by atoms with Crippen molar-refractivity contribution in [1.29, 1.82) is 0 Å². The molecule has 2 aromatic carbocycles. The van der Waals surface area contributed by atoms with Crippen LogP contribution in [-0.4, -0.2) is 30.4 Å². The maximum absolute atomic E-state index is 12.5. The monoisotopic (exact) mass is 412 g/mol. The van der Waals surface area contributed by atoms with E-state index in [9.17, 15) is 9.59 Å². The summed E-state index contributed by atoms with van der Waals surface area (Å²) in [5.41, 5.74) is 4.33. The summed E-state index contributed by atoms with van der Waals surface area (Å²) in [6, 6.07) is 19.6. The number of ketones is 1. The molecule has 1 aliphatic heterocycles. The van der Waals surface area contributed by atoms with Gasteiger partial charge in [-0.2, -0.15) is 0 Å². The summed E-state index contributed by atoms with van der Waals surface area (Å²) in [4.78, 5) is 31.1. The lowest BCUT2D eigenvalue weighted by Crippen LogP contribution is -2.25. The molecule has 0 fully saturated rings. The molecule has 0 bridgehead atoms. The number of fused-ring (bicyclic) bond motifs is 2. The van der Waals surface area contributed by atoms with Crippen molar-refractivity contribution in [2.24, 2.45) is 0 Å². The van der Waals surface area contributed by atoms with Crippen molar-refractivity contribution in [3.05, 3.63) is 89.8 Å². The number of esters is 1. The average Bonchev–Trinajstić information content (AvgIpc) is 2.97. The number of ether oxygens (including phenoxy) is 1. The van der Waals surface area contributed by atoms with E-state index in [1.54, 1.807) is 12.2 Å². The van der Waals surface area contributed by atoms with E-state index in [0.29, 0.717) is 5.69 Å². The van der Waals surface area contributed by atoms with Crippen LogP contribution in [0.2, 0.25) is 0 Å². The van der Waals surface area contributed by atoms with Crippen molar-refractivity contribution in [3.63, 3.8) is 0 Å². The SMILES string of the molecule is CN1C(=CC(=O)COC(=O)/C=C/c2ccc3ccccc3n2)C(C)(C)c2ccccc21. The number of hydrogen-bond donors (Lipinski definition) is 0. The number of rotatable bonds is 5. The molecule has 156 valence electrons. The molecule has 0 atom stereocenters. The van der Waals surface area contributed by atoms with Gasteiger partial charge < -0.3 is 9.64 Å². The topological polar surface area (TPSA) is 59.5 Å². The molecule has 0 saturated carbocycles. The van der Waals surface area contributed by atoms with E-state index in [4.69, 9.17) is 4.74 Å². The van der Waals surface area contributed by atoms with Gasteiger partial charge in [0.15, 0.2) is 12.4 Å². The number of hydrogen-bond acceptors (Lipinski definition) is 5. The lowest BCUT2D eigenvalue weighted by molar-refractivity contribution is -0.141. The van der Waals surface area contributed by atoms with E-state index >= 15 is 0 Å². The van der Waals surface area contributed by atoms with Crippen molar-refractivity contribution in [2.45, 2.75) is 19.3 Å². The summed E-state index contributed by atoms with van der Waals surface area (Å²) >= 11 is 0. The first-order valence-corrected chi connectivity index (χ1v) is 10.1. The van der Waals surface area contributed by atoms with Crippen LogP contribution in [0, 0.1) is 0 Å². The number of allylic oxidation sites excluding steroid dienone is 1. The maximum atomic E-state index is 12.5. The van der Waals surface area contributed by atoms with Gasteiger partial charge in [0, 0.05) is 41.4 Å². The first kappa shape index (κ1) is 20.5. The van der Waals surface area contributed by atoms with E-state index in [1.807, 2.05) is 66.5 Å². The van der Waals surface area contributed by atoms with Gasteiger partial charge in [0.25, 0.3) is 0 Å². The normalized spacial score (nSPS) is 16.1. The second-order valence-corrected chi connectivity index (χ2v) is 8.07. The average molecular weight is 412 g/mol. The fourth-order valence-corrected chi connectivity index (χ4v) is 3.97. The minimum Gasteiger partial charge on any atom is -0.454 e. The number of nitrogens with zero attached hydrogens (tertiary/aromatic N) is 2. The molecule has 31 heavy (non-hydrogen) atoms. The Labute approximate surface area is 181 Å². The van der Waals surface area contributed by atoms with Crippen LogP contribution in [-0.2, 0) is 19.7 Å². The Bertz CT molecular complexity index is 1220. The van der Waals surface area contributed by atoms with Crippen LogP contribution in [0.25, 0.3) is 17.0 Å². The quantitative estimate of drug-likeness (QED) is 0.450. The van der Waals surface area contributed by atoms with Crippen molar-refractivity contribution in [2.75, 3.05) is 18.6 Å².